The number of carbonyl (C=O) groups excluding carboxylic acids is 1. The van der Waals surface area contributed by atoms with Gasteiger partial charge in [0.15, 0.2) is 0 Å². The van der Waals surface area contributed by atoms with Crippen LogP contribution in [0.15, 0.2) is 0 Å². The van der Waals surface area contributed by atoms with Crippen LogP contribution < -0.4 is 0 Å². The van der Waals surface area contributed by atoms with Crippen molar-refractivity contribution < 1.29 is 9.53 Å². The first-order valence-electron chi connectivity index (χ1n) is 6.65. The van der Waals surface area contributed by atoms with Crippen molar-refractivity contribution in [1.29, 1.82) is 0 Å². The Morgan fingerprint density at radius 2 is 1.94 bits per heavy atom. The number of Topliss-reactive ketones (excluding diaryl/α,β-unsaturated/α-hetero) is 1. The molecule has 2 rings (SSSR count). The summed E-state index contributed by atoms with van der Waals surface area (Å²) in [5.41, 5.74) is 0. The van der Waals surface area contributed by atoms with Gasteiger partial charge in [-0.15, -0.1) is 0 Å². The number of piperidine rings is 1. The Labute approximate surface area is 104 Å². The minimum Gasteiger partial charge on any atom is -0.378 e. The quantitative estimate of drug-likeness (QED) is 0.705. The summed E-state index contributed by atoms with van der Waals surface area (Å²) in [6.07, 6.45) is 2.58. The highest BCUT2D eigenvalue weighted by molar-refractivity contribution is 5.77. The van der Waals surface area contributed by atoms with Gasteiger partial charge in [-0.1, -0.05) is 0 Å². The van der Waals surface area contributed by atoms with Crippen molar-refractivity contribution in [3.8, 4) is 0 Å². The molecule has 4 nitrogen and oxygen atoms in total. The van der Waals surface area contributed by atoms with Crippen LogP contribution in [0.4, 0.5) is 0 Å². The highest BCUT2D eigenvalue weighted by Crippen LogP contribution is 2.18. The molecule has 0 aromatic carbocycles. The Bertz CT molecular complexity index is 256. The maximum Gasteiger partial charge on any atom is 0.143 e. The molecule has 0 aromatic heterocycles. The largest absolute Gasteiger partial charge is 0.378 e. The normalized spacial score (nSPS) is 24.8. The Morgan fingerprint density at radius 1 is 1.29 bits per heavy atom. The molecule has 17 heavy (non-hydrogen) atoms. The van der Waals surface area contributed by atoms with Crippen LogP contribution in [0, 0.1) is 5.92 Å². The summed E-state index contributed by atoms with van der Waals surface area (Å²) in [5.74, 6) is 1.01. The van der Waals surface area contributed by atoms with E-state index in [0.717, 1.165) is 38.5 Å². The summed E-state index contributed by atoms with van der Waals surface area (Å²) >= 11 is 0. The molecule has 0 spiro atoms. The molecule has 0 radical (unpaired) electrons. The van der Waals surface area contributed by atoms with Crippen molar-refractivity contribution in [3.63, 3.8) is 0 Å². The topological polar surface area (TPSA) is 32.8 Å². The van der Waals surface area contributed by atoms with E-state index in [1.165, 1.54) is 13.1 Å². The van der Waals surface area contributed by atoms with E-state index in [0.29, 0.717) is 12.6 Å². The number of rotatable bonds is 5. The molecule has 0 aliphatic carbocycles. The van der Waals surface area contributed by atoms with E-state index in [4.69, 9.17) is 4.74 Å². The zero-order valence-electron chi connectivity index (χ0n) is 11.0. The lowest BCUT2D eigenvalue weighted by Crippen LogP contribution is -2.47. The van der Waals surface area contributed by atoms with E-state index in [2.05, 4.69) is 16.8 Å². The van der Waals surface area contributed by atoms with Crippen LogP contribution >= 0.6 is 0 Å². The number of hydrogen-bond acceptors (Lipinski definition) is 4. The standard InChI is InChI=1S/C13H24N2O2/c1-11(16)7-15-5-3-13(4-6-15)17-10-12-8-14(2)9-12/h12-13H,3-10H2,1-2H3. The zero-order valence-corrected chi connectivity index (χ0v) is 11.0. The minimum absolute atomic E-state index is 0.266. The van der Waals surface area contributed by atoms with E-state index in [1.807, 2.05) is 0 Å². The molecule has 0 saturated carbocycles. The number of ketones is 1. The highest BCUT2D eigenvalue weighted by Gasteiger charge is 2.26. The first-order chi connectivity index (χ1) is 8.13. The molecule has 2 aliphatic rings. The van der Waals surface area contributed by atoms with Crippen LogP contribution in [0.5, 0.6) is 0 Å². The lowest BCUT2D eigenvalue weighted by Gasteiger charge is -2.38. The van der Waals surface area contributed by atoms with Crippen LogP contribution in [0.3, 0.4) is 0 Å². The average molecular weight is 240 g/mol. The van der Waals surface area contributed by atoms with Gasteiger partial charge in [0, 0.05) is 32.1 Å². The highest BCUT2D eigenvalue weighted by atomic mass is 16.5. The Kier molecular flexibility index (Phi) is 4.54. The molecule has 0 amide bonds. The third-order valence-electron chi connectivity index (χ3n) is 3.69. The van der Waals surface area contributed by atoms with Gasteiger partial charge in [0.2, 0.25) is 0 Å². The van der Waals surface area contributed by atoms with Gasteiger partial charge >= 0.3 is 0 Å². The average Bonchev–Trinajstić information content (AvgIpc) is 2.24. The second-order valence-electron chi connectivity index (χ2n) is 5.60. The smallest absolute Gasteiger partial charge is 0.143 e. The number of ether oxygens (including phenoxy) is 1. The Balaban J connectivity index is 1.57. The molecule has 2 saturated heterocycles. The molecule has 2 heterocycles. The number of carbonyl (C=O) groups is 1. The minimum atomic E-state index is 0.266. The molecule has 0 atom stereocenters. The van der Waals surface area contributed by atoms with Crippen LogP contribution in [-0.4, -0.2) is 68.1 Å². The first kappa shape index (κ1) is 13.0. The number of nitrogens with zero attached hydrogens (tertiary/aromatic N) is 2. The number of likely N-dealkylation sites (tertiary alicyclic amines) is 2. The summed E-state index contributed by atoms with van der Waals surface area (Å²) in [4.78, 5) is 15.6. The fourth-order valence-corrected chi connectivity index (χ4v) is 2.75. The van der Waals surface area contributed by atoms with E-state index in [-0.39, 0.29) is 5.78 Å². The summed E-state index contributed by atoms with van der Waals surface area (Å²) < 4.78 is 5.95. The Hall–Kier alpha value is -0.450. The second kappa shape index (κ2) is 5.94. The van der Waals surface area contributed by atoms with Crippen LogP contribution in [0.25, 0.3) is 0 Å². The summed E-state index contributed by atoms with van der Waals surface area (Å²) in [6.45, 7) is 7.58. The van der Waals surface area contributed by atoms with Crippen molar-refractivity contribution in [3.05, 3.63) is 0 Å². The lowest BCUT2D eigenvalue weighted by molar-refractivity contribution is -0.119. The van der Waals surface area contributed by atoms with Crippen LogP contribution in [0.2, 0.25) is 0 Å². The van der Waals surface area contributed by atoms with Gasteiger partial charge in [0.25, 0.3) is 0 Å². The maximum atomic E-state index is 11.0. The molecule has 0 aromatic rings. The van der Waals surface area contributed by atoms with Crippen molar-refractivity contribution in [1.82, 2.24) is 9.80 Å². The molecular weight excluding hydrogens is 216 g/mol. The van der Waals surface area contributed by atoms with Crippen molar-refractivity contribution in [2.45, 2.75) is 25.9 Å². The third-order valence-corrected chi connectivity index (χ3v) is 3.69. The lowest BCUT2D eigenvalue weighted by atomic mass is 10.0. The summed E-state index contributed by atoms with van der Waals surface area (Å²) in [7, 11) is 2.15. The molecule has 0 N–H and O–H groups in total. The molecule has 0 unspecified atom stereocenters. The van der Waals surface area contributed by atoms with Crippen molar-refractivity contribution in [2.75, 3.05) is 46.4 Å². The van der Waals surface area contributed by atoms with Gasteiger partial charge < -0.3 is 9.64 Å². The first-order valence-corrected chi connectivity index (χ1v) is 6.65. The Morgan fingerprint density at radius 3 is 2.47 bits per heavy atom. The second-order valence-corrected chi connectivity index (χ2v) is 5.60. The molecule has 0 bridgehead atoms. The predicted octanol–water partition coefficient (Wildman–Crippen LogP) is 0.618. The van der Waals surface area contributed by atoms with Crippen LogP contribution in [0.1, 0.15) is 19.8 Å². The molecule has 2 fully saturated rings. The van der Waals surface area contributed by atoms with Gasteiger partial charge in [0.05, 0.1) is 19.3 Å². The molecule has 98 valence electrons. The van der Waals surface area contributed by atoms with E-state index >= 15 is 0 Å². The fraction of sp³-hybridized carbons (Fsp3) is 0.923. The van der Waals surface area contributed by atoms with Crippen LogP contribution in [-0.2, 0) is 9.53 Å². The van der Waals surface area contributed by atoms with Gasteiger partial charge in [-0.05, 0) is 26.8 Å². The monoisotopic (exact) mass is 240 g/mol. The summed E-state index contributed by atoms with van der Waals surface area (Å²) in [6, 6.07) is 0. The van der Waals surface area contributed by atoms with Gasteiger partial charge in [-0.2, -0.15) is 0 Å². The third kappa shape index (κ3) is 4.05. The maximum absolute atomic E-state index is 11.0. The van der Waals surface area contributed by atoms with Gasteiger partial charge in [-0.3, -0.25) is 9.69 Å². The van der Waals surface area contributed by atoms with E-state index in [9.17, 15) is 4.79 Å². The van der Waals surface area contributed by atoms with E-state index in [1.54, 1.807) is 6.92 Å². The zero-order chi connectivity index (χ0) is 12.3. The van der Waals surface area contributed by atoms with Gasteiger partial charge in [0.1, 0.15) is 5.78 Å². The number of hydrogen-bond donors (Lipinski definition) is 0. The molecule has 2 aliphatic heterocycles. The van der Waals surface area contributed by atoms with Gasteiger partial charge in [-0.25, -0.2) is 0 Å². The molecular formula is C13H24N2O2. The van der Waals surface area contributed by atoms with Crippen molar-refractivity contribution >= 4 is 5.78 Å². The predicted molar refractivity (Wildman–Crippen MR) is 67.1 cm³/mol. The fourth-order valence-electron chi connectivity index (χ4n) is 2.75. The molecule has 4 heteroatoms. The SMILES string of the molecule is CC(=O)CN1CCC(OCC2CN(C)C2)CC1. The van der Waals surface area contributed by atoms with Crippen molar-refractivity contribution in [2.24, 2.45) is 5.92 Å². The summed E-state index contributed by atoms with van der Waals surface area (Å²) in [5, 5.41) is 0. The van der Waals surface area contributed by atoms with E-state index < -0.39 is 0 Å².